The van der Waals surface area contributed by atoms with E-state index < -0.39 is 0 Å². The molecule has 0 bridgehead atoms. The van der Waals surface area contributed by atoms with E-state index in [1.807, 2.05) is 0 Å². The van der Waals surface area contributed by atoms with Crippen LogP contribution in [-0.4, -0.2) is 47.1 Å². The molecule has 0 aromatic rings. The molecule has 2 atom stereocenters. The SMILES string of the molecule is CCCC(C)(C)N1CC2CCCCN2CC1C(C)C. The van der Waals surface area contributed by atoms with Crippen molar-refractivity contribution >= 4 is 0 Å². The molecule has 2 heteroatoms. The Balaban J connectivity index is 2.14. The van der Waals surface area contributed by atoms with Crippen LogP contribution in [0.5, 0.6) is 0 Å². The highest BCUT2D eigenvalue weighted by atomic mass is 15.3. The van der Waals surface area contributed by atoms with Crippen molar-refractivity contribution in [3.05, 3.63) is 0 Å². The zero-order chi connectivity index (χ0) is 14.0. The summed E-state index contributed by atoms with van der Waals surface area (Å²) in [6.07, 6.45) is 6.89. The predicted molar refractivity (Wildman–Crippen MR) is 83.5 cm³/mol. The zero-order valence-electron chi connectivity index (χ0n) is 13.8. The van der Waals surface area contributed by atoms with Gasteiger partial charge in [0.2, 0.25) is 0 Å². The van der Waals surface area contributed by atoms with E-state index in [4.69, 9.17) is 0 Å². The van der Waals surface area contributed by atoms with Gasteiger partial charge in [0, 0.05) is 30.7 Å². The maximum Gasteiger partial charge on any atom is 0.0252 e. The fourth-order valence-corrected chi connectivity index (χ4v) is 4.23. The third kappa shape index (κ3) is 3.33. The number of rotatable bonds is 4. The first kappa shape index (κ1) is 15.3. The molecule has 19 heavy (non-hydrogen) atoms. The lowest BCUT2D eigenvalue weighted by molar-refractivity contribution is -0.0592. The van der Waals surface area contributed by atoms with E-state index in [9.17, 15) is 0 Å². The van der Waals surface area contributed by atoms with Gasteiger partial charge in [0.05, 0.1) is 0 Å². The van der Waals surface area contributed by atoms with Gasteiger partial charge in [-0.2, -0.15) is 0 Å². The first-order valence-electron chi connectivity index (χ1n) is 8.46. The zero-order valence-corrected chi connectivity index (χ0v) is 13.8. The Hall–Kier alpha value is -0.0800. The molecule has 0 amide bonds. The van der Waals surface area contributed by atoms with E-state index in [1.54, 1.807) is 0 Å². The minimum Gasteiger partial charge on any atom is -0.298 e. The summed E-state index contributed by atoms with van der Waals surface area (Å²) >= 11 is 0. The molecule has 2 rings (SSSR count). The molecule has 2 aliphatic heterocycles. The molecular formula is C17H34N2. The third-order valence-corrected chi connectivity index (χ3v) is 5.39. The number of hydrogen-bond donors (Lipinski definition) is 0. The number of hydrogen-bond acceptors (Lipinski definition) is 2. The van der Waals surface area contributed by atoms with Crippen LogP contribution in [0.15, 0.2) is 0 Å². The molecule has 0 radical (unpaired) electrons. The lowest BCUT2D eigenvalue weighted by Gasteiger charge is -2.55. The first-order valence-corrected chi connectivity index (χ1v) is 8.46. The summed E-state index contributed by atoms with van der Waals surface area (Å²) in [5, 5.41) is 0. The van der Waals surface area contributed by atoms with Gasteiger partial charge in [0.25, 0.3) is 0 Å². The fourth-order valence-electron chi connectivity index (χ4n) is 4.23. The number of piperazine rings is 1. The van der Waals surface area contributed by atoms with Crippen LogP contribution in [0.2, 0.25) is 0 Å². The summed E-state index contributed by atoms with van der Waals surface area (Å²) in [6, 6.07) is 1.58. The molecule has 0 N–H and O–H groups in total. The molecule has 2 aliphatic rings. The Morgan fingerprint density at radius 2 is 1.89 bits per heavy atom. The van der Waals surface area contributed by atoms with Crippen LogP contribution >= 0.6 is 0 Å². The van der Waals surface area contributed by atoms with Crippen molar-refractivity contribution < 1.29 is 0 Å². The smallest absolute Gasteiger partial charge is 0.0252 e. The van der Waals surface area contributed by atoms with Gasteiger partial charge in [-0.3, -0.25) is 9.80 Å². The summed E-state index contributed by atoms with van der Waals surface area (Å²) in [5.41, 5.74) is 0.368. The van der Waals surface area contributed by atoms with Crippen LogP contribution in [0.1, 0.15) is 66.7 Å². The van der Waals surface area contributed by atoms with Gasteiger partial charge in [-0.1, -0.05) is 33.6 Å². The largest absolute Gasteiger partial charge is 0.298 e. The van der Waals surface area contributed by atoms with E-state index in [0.29, 0.717) is 5.54 Å². The normalized spacial score (nSPS) is 30.6. The first-order chi connectivity index (χ1) is 8.95. The maximum atomic E-state index is 2.85. The number of piperidine rings is 1. The monoisotopic (exact) mass is 266 g/mol. The topological polar surface area (TPSA) is 6.48 Å². The second-order valence-electron chi connectivity index (χ2n) is 7.67. The Morgan fingerprint density at radius 1 is 1.16 bits per heavy atom. The molecule has 0 aliphatic carbocycles. The molecule has 0 aromatic heterocycles. The Kier molecular flexibility index (Phi) is 4.94. The highest BCUT2D eigenvalue weighted by molar-refractivity contribution is 4.97. The molecule has 2 unspecified atom stereocenters. The van der Waals surface area contributed by atoms with Crippen molar-refractivity contribution in [2.24, 2.45) is 5.92 Å². The lowest BCUT2D eigenvalue weighted by Crippen LogP contribution is -2.65. The molecule has 0 spiro atoms. The van der Waals surface area contributed by atoms with E-state index in [2.05, 4.69) is 44.4 Å². The minimum atomic E-state index is 0.368. The maximum absolute atomic E-state index is 2.85. The van der Waals surface area contributed by atoms with Crippen molar-refractivity contribution in [1.29, 1.82) is 0 Å². The van der Waals surface area contributed by atoms with Crippen LogP contribution in [0.4, 0.5) is 0 Å². The average molecular weight is 266 g/mol. The average Bonchev–Trinajstić information content (AvgIpc) is 2.37. The number of fused-ring (bicyclic) bond motifs is 1. The van der Waals surface area contributed by atoms with Crippen LogP contribution < -0.4 is 0 Å². The minimum absolute atomic E-state index is 0.368. The van der Waals surface area contributed by atoms with Crippen molar-refractivity contribution in [1.82, 2.24) is 9.80 Å². The predicted octanol–water partition coefficient (Wildman–Crippen LogP) is 3.76. The van der Waals surface area contributed by atoms with Crippen LogP contribution in [0.3, 0.4) is 0 Å². The van der Waals surface area contributed by atoms with Crippen molar-refractivity contribution in [3.8, 4) is 0 Å². The van der Waals surface area contributed by atoms with E-state index in [1.165, 1.54) is 51.7 Å². The van der Waals surface area contributed by atoms with Crippen molar-refractivity contribution in [3.63, 3.8) is 0 Å². The highest BCUT2D eigenvalue weighted by Crippen LogP contribution is 2.33. The molecule has 2 saturated heterocycles. The Bertz CT molecular complexity index is 285. The summed E-state index contributed by atoms with van der Waals surface area (Å²) in [7, 11) is 0. The molecule has 112 valence electrons. The van der Waals surface area contributed by atoms with E-state index in [0.717, 1.165) is 18.0 Å². The summed E-state index contributed by atoms with van der Waals surface area (Å²) < 4.78 is 0. The van der Waals surface area contributed by atoms with Crippen LogP contribution in [0, 0.1) is 5.92 Å². The van der Waals surface area contributed by atoms with Gasteiger partial charge in [0.1, 0.15) is 0 Å². The van der Waals surface area contributed by atoms with E-state index >= 15 is 0 Å². The van der Waals surface area contributed by atoms with Gasteiger partial charge < -0.3 is 0 Å². The second-order valence-corrected chi connectivity index (χ2v) is 7.67. The van der Waals surface area contributed by atoms with Crippen LogP contribution in [0.25, 0.3) is 0 Å². The second kappa shape index (κ2) is 6.13. The fraction of sp³-hybridized carbons (Fsp3) is 1.00. The number of nitrogens with zero attached hydrogens (tertiary/aromatic N) is 2. The summed E-state index contributed by atoms with van der Waals surface area (Å²) in [5.74, 6) is 0.763. The Morgan fingerprint density at radius 3 is 2.53 bits per heavy atom. The van der Waals surface area contributed by atoms with Crippen LogP contribution in [-0.2, 0) is 0 Å². The lowest BCUT2D eigenvalue weighted by atomic mass is 9.85. The quantitative estimate of drug-likeness (QED) is 0.764. The molecule has 0 aromatic carbocycles. The van der Waals surface area contributed by atoms with Gasteiger partial charge in [-0.15, -0.1) is 0 Å². The summed E-state index contributed by atoms with van der Waals surface area (Å²) in [6.45, 7) is 16.0. The van der Waals surface area contributed by atoms with Gasteiger partial charge >= 0.3 is 0 Å². The highest BCUT2D eigenvalue weighted by Gasteiger charge is 2.41. The van der Waals surface area contributed by atoms with Gasteiger partial charge in [-0.05, 0) is 45.6 Å². The van der Waals surface area contributed by atoms with Gasteiger partial charge in [-0.25, -0.2) is 0 Å². The molecular weight excluding hydrogens is 232 g/mol. The summed E-state index contributed by atoms with van der Waals surface area (Å²) in [4.78, 5) is 5.64. The third-order valence-electron chi connectivity index (χ3n) is 5.39. The molecule has 2 nitrogen and oxygen atoms in total. The molecule has 0 saturated carbocycles. The molecule has 2 heterocycles. The van der Waals surface area contributed by atoms with Crippen molar-refractivity contribution in [2.75, 3.05) is 19.6 Å². The molecule has 2 fully saturated rings. The van der Waals surface area contributed by atoms with Crippen molar-refractivity contribution in [2.45, 2.75) is 84.3 Å². The van der Waals surface area contributed by atoms with E-state index in [-0.39, 0.29) is 0 Å². The Labute approximate surface area is 120 Å². The van der Waals surface area contributed by atoms with Gasteiger partial charge in [0.15, 0.2) is 0 Å². The standard InChI is InChI=1S/C17H34N2/c1-6-10-17(4,5)19-12-15-9-7-8-11-18(15)13-16(19)14(2)3/h14-16H,6-13H2,1-5H3.